The third-order valence-corrected chi connectivity index (χ3v) is 11.0. The van der Waals surface area contributed by atoms with E-state index in [4.69, 9.17) is 5.73 Å². The van der Waals surface area contributed by atoms with Gasteiger partial charge in [0.1, 0.15) is 0 Å². The van der Waals surface area contributed by atoms with Crippen molar-refractivity contribution in [1.29, 1.82) is 0 Å². The number of benzene rings is 8. The lowest BCUT2D eigenvalue weighted by Crippen LogP contribution is -2.02. The van der Waals surface area contributed by atoms with Gasteiger partial charge in [-0.3, -0.25) is 4.79 Å². The first kappa shape index (κ1) is 30.3. The molecule has 0 saturated carbocycles. The Kier molecular flexibility index (Phi) is 6.49. The Morgan fingerprint density at radius 2 is 0.648 bits per heavy atom. The number of para-hydroxylation sites is 4. The molecule has 2 N–H and O–H groups in total. The van der Waals surface area contributed by atoms with Crippen LogP contribution in [0, 0.1) is 0 Å². The van der Waals surface area contributed by atoms with Crippen molar-refractivity contribution in [2.45, 2.75) is 0 Å². The first-order chi connectivity index (χ1) is 26.6. The summed E-state index contributed by atoms with van der Waals surface area (Å²) in [4.78, 5) is 13.4. The first-order valence-corrected chi connectivity index (χ1v) is 18.2. The minimum atomic E-state index is -0.0320. The van der Waals surface area contributed by atoms with Crippen molar-refractivity contribution < 1.29 is 4.79 Å². The predicted molar refractivity (Wildman–Crippen MR) is 224 cm³/mol. The lowest BCUT2D eigenvalue weighted by Gasteiger charge is -2.11. The molecule has 54 heavy (non-hydrogen) atoms. The number of carbonyl (C=O) groups excluding carboxylic acids is 1. The van der Waals surface area contributed by atoms with E-state index < -0.39 is 0 Å². The van der Waals surface area contributed by atoms with Gasteiger partial charge in [-0.15, -0.1) is 0 Å². The summed E-state index contributed by atoms with van der Waals surface area (Å²) >= 11 is 0. The highest BCUT2D eigenvalue weighted by Gasteiger charge is 2.19. The van der Waals surface area contributed by atoms with E-state index in [-0.39, 0.29) is 5.78 Å². The summed E-state index contributed by atoms with van der Waals surface area (Å²) in [6.07, 6.45) is 0. The molecule has 11 rings (SSSR count). The van der Waals surface area contributed by atoms with Crippen LogP contribution < -0.4 is 5.73 Å². The molecular weight excluding hydrogens is 661 g/mol. The average molecular weight is 693 g/mol. The van der Waals surface area contributed by atoms with Gasteiger partial charge in [0, 0.05) is 66.2 Å². The van der Waals surface area contributed by atoms with E-state index in [1.54, 1.807) is 24.3 Å². The van der Waals surface area contributed by atoms with E-state index in [1.807, 2.05) is 24.3 Å². The van der Waals surface area contributed by atoms with Crippen molar-refractivity contribution >= 4 is 76.9 Å². The number of rotatable bonds is 5. The quantitative estimate of drug-likeness (QED) is 0.144. The van der Waals surface area contributed by atoms with Crippen LogP contribution in [0.1, 0.15) is 15.9 Å². The second kappa shape index (κ2) is 11.6. The summed E-state index contributed by atoms with van der Waals surface area (Å²) in [7, 11) is 0. The molecule has 0 atom stereocenters. The Morgan fingerprint density at radius 1 is 0.333 bits per heavy atom. The zero-order valence-electron chi connectivity index (χ0n) is 29.1. The summed E-state index contributed by atoms with van der Waals surface area (Å²) in [6.45, 7) is 0. The molecule has 0 aliphatic rings. The molecule has 0 spiro atoms. The molecule has 0 bridgehead atoms. The lowest BCUT2D eigenvalue weighted by atomic mass is 10.0. The lowest BCUT2D eigenvalue weighted by molar-refractivity contribution is 0.103. The molecule has 0 aliphatic heterocycles. The van der Waals surface area contributed by atoms with Crippen LogP contribution in [0.5, 0.6) is 0 Å². The van der Waals surface area contributed by atoms with Gasteiger partial charge in [-0.2, -0.15) is 0 Å². The molecule has 0 amide bonds. The smallest absolute Gasteiger partial charge is 0.193 e. The molecule has 5 nitrogen and oxygen atoms in total. The van der Waals surface area contributed by atoms with Crippen LogP contribution >= 0.6 is 0 Å². The standard InChI is InChI=1S/C49H32N4O/c50-33-21-17-31(18-22-33)49(54)32-19-23-34(24-20-32)51-47-27-25-35(52-43-13-5-1-9-37(43)38-10-2-6-14-44(38)52)29-41(47)42-30-36(26-28-48(42)51)53-45-15-7-3-11-39(45)40-12-4-8-16-46(40)53/h1-30H,50H2. The number of anilines is 1. The molecule has 3 aromatic heterocycles. The monoisotopic (exact) mass is 692 g/mol. The summed E-state index contributed by atoms with van der Waals surface area (Å²) < 4.78 is 7.07. The van der Waals surface area contributed by atoms with Crippen LogP contribution in [0.2, 0.25) is 0 Å². The molecule has 11 aromatic rings. The molecule has 0 radical (unpaired) electrons. The largest absolute Gasteiger partial charge is 0.399 e. The number of carbonyl (C=O) groups is 1. The van der Waals surface area contributed by atoms with Crippen LogP contribution in [0.4, 0.5) is 5.69 Å². The third-order valence-electron chi connectivity index (χ3n) is 11.0. The maximum atomic E-state index is 13.4. The van der Waals surface area contributed by atoms with E-state index in [9.17, 15) is 4.79 Å². The maximum Gasteiger partial charge on any atom is 0.193 e. The van der Waals surface area contributed by atoms with Crippen LogP contribution in [0.25, 0.3) is 82.5 Å². The fourth-order valence-corrected chi connectivity index (χ4v) is 8.52. The highest BCUT2D eigenvalue weighted by Crippen LogP contribution is 2.39. The highest BCUT2D eigenvalue weighted by molar-refractivity contribution is 6.14. The number of nitrogen functional groups attached to an aromatic ring is 1. The fourth-order valence-electron chi connectivity index (χ4n) is 8.52. The first-order valence-electron chi connectivity index (χ1n) is 18.2. The Bertz CT molecular complexity index is 3010. The SMILES string of the molecule is Nc1ccc(C(=O)c2ccc(-n3c4ccc(-n5c6ccccc6c6ccccc65)cc4c4cc(-n5c6ccccc6c6ccccc65)ccc43)cc2)cc1. The van der Waals surface area contributed by atoms with E-state index >= 15 is 0 Å². The molecule has 8 aromatic carbocycles. The summed E-state index contributed by atoms with van der Waals surface area (Å²) in [5, 5.41) is 7.23. The Balaban J connectivity index is 1.16. The van der Waals surface area contributed by atoms with Gasteiger partial charge in [0.05, 0.1) is 33.1 Å². The van der Waals surface area contributed by atoms with Crippen molar-refractivity contribution in [3.63, 3.8) is 0 Å². The van der Waals surface area contributed by atoms with Gasteiger partial charge >= 0.3 is 0 Å². The van der Waals surface area contributed by atoms with Crippen LogP contribution in [0.3, 0.4) is 0 Å². The van der Waals surface area contributed by atoms with Gasteiger partial charge < -0.3 is 19.4 Å². The van der Waals surface area contributed by atoms with Crippen LogP contribution in [0.15, 0.2) is 182 Å². The van der Waals surface area contributed by atoms with E-state index in [1.165, 1.54) is 43.6 Å². The van der Waals surface area contributed by atoms with Gasteiger partial charge in [0.15, 0.2) is 5.78 Å². The molecule has 3 heterocycles. The minimum Gasteiger partial charge on any atom is -0.399 e. The molecule has 0 aliphatic carbocycles. The topological polar surface area (TPSA) is 57.9 Å². The van der Waals surface area contributed by atoms with Crippen molar-refractivity contribution in [2.24, 2.45) is 0 Å². The van der Waals surface area contributed by atoms with Crippen molar-refractivity contribution in [2.75, 3.05) is 5.73 Å². The number of nitrogens with two attached hydrogens (primary N) is 1. The van der Waals surface area contributed by atoms with Gasteiger partial charge in [-0.25, -0.2) is 0 Å². The normalized spacial score (nSPS) is 11.9. The Hall–Kier alpha value is -7.37. The summed E-state index contributed by atoms with van der Waals surface area (Å²) in [5.41, 5.74) is 17.8. The van der Waals surface area contributed by atoms with Crippen molar-refractivity contribution in [3.8, 4) is 17.1 Å². The van der Waals surface area contributed by atoms with Gasteiger partial charge in [0.25, 0.3) is 0 Å². The number of fused-ring (bicyclic) bond motifs is 9. The summed E-state index contributed by atoms with van der Waals surface area (Å²) in [5.74, 6) is -0.0320. The Morgan fingerprint density at radius 3 is 1.06 bits per heavy atom. The van der Waals surface area contributed by atoms with E-state index in [0.717, 1.165) is 38.9 Å². The predicted octanol–water partition coefficient (Wildman–Crippen LogP) is 11.8. The molecule has 0 unspecified atom stereocenters. The van der Waals surface area contributed by atoms with E-state index in [2.05, 4.69) is 147 Å². The minimum absolute atomic E-state index is 0.0320. The molecule has 0 saturated heterocycles. The summed E-state index contributed by atoms with van der Waals surface area (Å²) in [6, 6.07) is 63.2. The number of ketones is 1. The second-order valence-electron chi connectivity index (χ2n) is 14.0. The van der Waals surface area contributed by atoms with E-state index in [0.29, 0.717) is 16.8 Å². The highest BCUT2D eigenvalue weighted by atomic mass is 16.1. The molecule has 5 heteroatoms. The van der Waals surface area contributed by atoms with Crippen molar-refractivity contribution in [3.05, 3.63) is 193 Å². The number of hydrogen-bond donors (Lipinski definition) is 1. The number of hydrogen-bond acceptors (Lipinski definition) is 2. The maximum absolute atomic E-state index is 13.4. The van der Waals surface area contributed by atoms with Crippen LogP contribution in [-0.4, -0.2) is 19.5 Å². The molecular formula is C49H32N4O. The number of nitrogens with zero attached hydrogens (tertiary/aromatic N) is 3. The van der Waals surface area contributed by atoms with Gasteiger partial charge in [-0.05, 0) is 109 Å². The van der Waals surface area contributed by atoms with Crippen molar-refractivity contribution in [1.82, 2.24) is 13.7 Å². The van der Waals surface area contributed by atoms with Gasteiger partial charge in [-0.1, -0.05) is 72.8 Å². The zero-order chi connectivity index (χ0) is 35.9. The van der Waals surface area contributed by atoms with Gasteiger partial charge in [0.2, 0.25) is 0 Å². The number of aromatic nitrogens is 3. The zero-order valence-corrected chi connectivity index (χ0v) is 29.1. The molecule has 254 valence electrons. The second-order valence-corrected chi connectivity index (χ2v) is 14.0. The third kappa shape index (κ3) is 4.42. The average Bonchev–Trinajstić information content (AvgIpc) is 3.86. The molecule has 0 fully saturated rings. The van der Waals surface area contributed by atoms with Crippen LogP contribution in [-0.2, 0) is 0 Å². The Labute approximate surface area is 310 Å². The fraction of sp³-hybridized carbons (Fsp3) is 0.